The number of nitrogens with two attached hydrogens (primary N) is 2. The highest BCUT2D eigenvalue weighted by Crippen LogP contribution is 2.29. The largest absolute Gasteiger partial charge is 0.447 e. The number of nitrogen functional groups attached to an aromatic ring is 2. The van der Waals surface area contributed by atoms with Crippen LogP contribution < -0.4 is 32.2 Å². The number of anilines is 4. The molecule has 0 atom stereocenters. The van der Waals surface area contributed by atoms with Crippen molar-refractivity contribution in [3.8, 4) is 10.8 Å². The van der Waals surface area contributed by atoms with Crippen molar-refractivity contribution in [2.45, 2.75) is 6.54 Å². The molecule has 0 radical (unpaired) electrons. The molecule has 9 heteroatoms. The summed E-state index contributed by atoms with van der Waals surface area (Å²) in [5, 5.41) is 10.2. The van der Waals surface area contributed by atoms with Crippen molar-refractivity contribution in [2.24, 2.45) is 0 Å². The van der Waals surface area contributed by atoms with Crippen molar-refractivity contribution >= 4 is 40.1 Å². The number of nitrogens with one attached hydrogen (secondary N) is 3. The minimum absolute atomic E-state index is 0.174. The summed E-state index contributed by atoms with van der Waals surface area (Å²) in [6.07, 6.45) is 1.58. The lowest BCUT2D eigenvalue weighted by atomic mass is 10.2. The van der Waals surface area contributed by atoms with E-state index in [1.165, 1.54) is 11.3 Å². The Balaban J connectivity index is 1.31. The van der Waals surface area contributed by atoms with E-state index in [1.807, 2.05) is 66.7 Å². The van der Waals surface area contributed by atoms with Gasteiger partial charge in [-0.3, -0.25) is 4.79 Å². The summed E-state index contributed by atoms with van der Waals surface area (Å²) in [5.41, 5.74) is 14.4. The first-order chi connectivity index (χ1) is 16.6. The molecular weight excluding hydrogens is 448 g/mol. The van der Waals surface area contributed by atoms with E-state index in [-0.39, 0.29) is 11.7 Å². The number of hydrogen-bond donors (Lipinski definition) is 5. The maximum Gasteiger partial charge on any atom is 0.257 e. The number of aromatic nitrogens is 1. The molecule has 0 saturated heterocycles. The van der Waals surface area contributed by atoms with Crippen LogP contribution in [0.3, 0.4) is 0 Å². The van der Waals surface area contributed by atoms with Gasteiger partial charge < -0.3 is 32.2 Å². The predicted molar refractivity (Wildman–Crippen MR) is 138 cm³/mol. The molecular formula is C25H26N6O2S. The zero-order chi connectivity index (χ0) is 23.8. The number of para-hydroxylation sites is 1. The van der Waals surface area contributed by atoms with Crippen LogP contribution in [0.5, 0.6) is 10.8 Å². The first-order valence-corrected chi connectivity index (χ1v) is 11.6. The van der Waals surface area contributed by atoms with E-state index in [0.717, 1.165) is 21.4 Å². The standard InChI is InChI=1S/C25H26N6O2S/c26-17-6-8-18(9-7-17)28-14-15-29-21-12-13-30-24(27)23(21)25(32)31-16-20-10-11-22(34-20)33-19-4-2-1-3-5-19/h1-13,28H,14-16,26H2,(H,31,32)(H3,27,29,30). The number of carbonyl (C=O) groups excluding carboxylic acids is 1. The second kappa shape index (κ2) is 11.1. The highest BCUT2D eigenvalue weighted by atomic mass is 32.1. The molecule has 1 amide bonds. The zero-order valence-corrected chi connectivity index (χ0v) is 19.3. The van der Waals surface area contributed by atoms with Crippen LogP contribution in [0, 0.1) is 0 Å². The fraction of sp³-hybridized carbons (Fsp3) is 0.120. The van der Waals surface area contributed by atoms with Gasteiger partial charge in [0.1, 0.15) is 17.1 Å². The van der Waals surface area contributed by atoms with Crippen molar-refractivity contribution in [1.29, 1.82) is 0 Å². The van der Waals surface area contributed by atoms with Crippen LogP contribution in [0.25, 0.3) is 0 Å². The van der Waals surface area contributed by atoms with Crippen molar-refractivity contribution in [3.05, 3.63) is 89.4 Å². The van der Waals surface area contributed by atoms with Crippen LogP contribution in [0.2, 0.25) is 0 Å². The highest BCUT2D eigenvalue weighted by molar-refractivity contribution is 7.13. The predicted octanol–water partition coefficient (Wildman–Crippen LogP) is 4.55. The maximum absolute atomic E-state index is 12.9. The van der Waals surface area contributed by atoms with Gasteiger partial charge in [-0.2, -0.15) is 0 Å². The maximum atomic E-state index is 12.9. The molecule has 174 valence electrons. The van der Waals surface area contributed by atoms with Gasteiger partial charge in [-0.1, -0.05) is 18.2 Å². The molecule has 0 fully saturated rings. The number of thiophene rings is 1. The number of ether oxygens (including phenoxy) is 1. The van der Waals surface area contributed by atoms with Crippen LogP contribution >= 0.6 is 11.3 Å². The fourth-order valence-corrected chi connectivity index (χ4v) is 4.05. The van der Waals surface area contributed by atoms with Gasteiger partial charge in [0.25, 0.3) is 5.91 Å². The number of carbonyl (C=O) groups is 1. The summed E-state index contributed by atoms with van der Waals surface area (Å²) in [6, 6.07) is 22.6. The number of pyridine rings is 1. The van der Waals surface area contributed by atoms with Gasteiger partial charge in [0, 0.05) is 35.5 Å². The smallest absolute Gasteiger partial charge is 0.257 e. The molecule has 2 heterocycles. The quantitative estimate of drug-likeness (QED) is 0.168. The molecule has 34 heavy (non-hydrogen) atoms. The second-order valence-electron chi connectivity index (χ2n) is 7.41. The minimum atomic E-state index is -0.293. The zero-order valence-electron chi connectivity index (χ0n) is 18.5. The average molecular weight is 475 g/mol. The van der Waals surface area contributed by atoms with E-state index in [2.05, 4.69) is 20.9 Å². The van der Waals surface area contributed by atoms with Crippen molar-refractivity contribution in [2.75, 3.05) is 35.2 Å². The Morgan fingerprint density at radius 1 is 0.912 bits per heavy atom. The van der Waals surface area contributed by atoms with E-state index in [9.17, 15) is 4.79 Å². The number of nitrogens with zero attached hydrogens (tertiary/aromatic N) is 1. The molecule has 2 aromatic heterocycles. The van der Waals surface area contributed by atoms with Crippen LogP contribution in [0.4, 0.5) is 22.9 Å². The van der Waals surface area contributed by atoms with Gasteiger partial charge >= 0.3 is 0 Å². The van der Waals surface area contributed by atoms with Crippen LogP contribution in [0.15, 0.2) is 79.0 Å². The molecule has 2 aromatic carbocycles. The monoisotopic (exact) mass is 474 g/mol. The van der Waals surface area contributed by atoms with Gasteiger partial charge in [0.2, 0.25) is 0 Å². The Kier molecular flexibility index (Phi) is 7.46. The third-order valence-corrected chi connectivity index (χ3v) is 5.87. The fourth-order valence-electron chi connectivity index (χ4n) is 3.24. The number of rotatable bonds is 10. The number of benzene rings is 2. The summed E-state index contributed by atoms with van der Waals surface area (Å²) in [6.45, 7) is 1.58. The Labute approximate surface area is 202 Å². The first kappa shape index (κ1) is 22.9. The molecule has 0 aliphatic carbocycles. The SMILES string of the molecule is Nc1ccc(NCCNc2ccnc(N)c2C(=O)NCc2ccc(Oc3ccccc3)s2)cc1. The highest BCUT2D eigenvalue weighted by Gasteiger charge is 2.16. The molecule has 0 aliphatic rings. The normalized spacial score (nSPS) is 10.5. The van der Waals surface area contributed by atoms with Crippen LogP contribution in [-0.4, -0.2) is 24.0 Å². The molecule has 4 rings (SSSR count). The molecule has 7 N–H and O–H groups in total. The average Bonchev–Trinajstić information content (AvgIpc) is 3.29. The van der Waals surface area contributed by atoms with Gasteiger partial charge in [0.05, 0.1) is 12.2 Å². The van der Waals surface area contributed by atoms with Crippen LogP contribution in [-0.2, 0) is 6.54 Å². The minimum Gasteiger partial charge on any atom is -0.447 e. The van der Waals surface area contributed by atoms with Crippen LogP contribution in [0.1, 0.15) is 15.2 Å². The van der Waals surface area contributed by atoms with Gasteiger partial charge in [-0.05, 0) is 54.6 Å². The number of amides is 1. The summed E-state index contributed by atoms with van der Waals surface area (Å²) >= 11 is 1.47. The van der Waals surface area contributed by atoms with Crippen molar-refractivity contribution < 1.29 is 9.53 Å². The summed E-state index contributed by atoms with van der Waals surface area (Å²) < 4.78 is 5.84. The van der Waals surface area contributed by atoms with Gasteiger partial charge in [-0.15, -0.1) is 11.3 Å². The first-order valence-electron chi connectivity index (χ1n) is 10.8. The Morgan fingerprint density at radius 2 is 1.68 bits per heavy atom. The molecule has 8 nitrogen and oxygen atoms in total. The second-order valence-corrected chi connectivity index (χ2v) is 8.54. The van der Waals surface area contributed by atoms with E-state index in [1.54, 1.807) is 12.3 Å². The lowest BCUT2D eigenvalue weighted by Gasteiger charge is -2.14. The van der Waals surface area contributed by atoms with Crippen molar-refractivity contribution in [1.82, 2.24) is 10.3 Å². The topological polar surface area (TPSA) is 127 Å². The van der Waals surface area contributed by atoms with Gasteiger partial charge in [-0.25, -0.2) is 4.98 Å². The lowest BCUT2D eigenvalue weighted by Crippen LogP contribution is -2.26. The van der Waals surface area contributed by atoms with E-state index >= 15 is 0 Å². The summed E-state index contributed by atoms with van der Waals surface area (Å²) in [7, 11) is 0. The Hall–Kier alpha value is -4.24. The Bertz CT molecular complexity index is 1230. The molecule has 0 aliphatic heterocycles. The summed E-state index contributed by atoms with van der Waals surface area (Å²) in [4.78, 5) is 18.0. The van der Waals surface area contributed by atoms with E-state index in [4.69, 9.17) is 16.2 Å². The molecule has 4 aromatic rings. The van der Waals surface area contributed by atoms with Gasteiger partial charge in [0.15, 0.2) is 5.06 Å². The Morgan fingerprint density at radius 3 is 2.47 bits per heavy atom. The lowest BCUT2D eigenvalue weighted by molar-refractivity contribution is 0.0952. The molecule has 0 saturated carbocycles. The summed E-state index contributed by atoms with van der Waals surface area (Å²) in [5.74, 6) is 0.650. The molecule has 0 bridgehead atoms. The van der Waals surface area contributed by atoms with Crippen molar-refractivity contribution in [3.63, 3.8) is 0 Å². The number of hydrogen-bond acceptors (Lipinski definition) is 8. The van der Waals surface area contributed by atoms with E-state index in [0.29, 0.717) is 36.6 Å². The third-order valence-electron chi connectivity index (χ3n) is 4.91. The molecule has 0 spiro atoms. The van der Waals surface area contributed by atoms with E-state index < -0.39 is 0 Å². The molecule has 0 unspecified atom stereocenters. The third kappa shape index (κ3) is 6.17.